The van der Waals surface area contributed by atoms with Gasteiger partial charge in [-0.05, 0) is 17.7 Å². The van der Waals surface area contributed by atoms with E-state index in [0.29, 0.717) is 11.4 Å². The standard InChI is InChI=1S/C7H8N2S/c8-7(10)5-6-1-3-9-4-2-6/h1-4H,5H2,(H2,8,10). The quantitative estimate of drug-likeness (QED) is 0.640. The fraction of sp³-hybridized carbons (Fsp3) is 0.143. The number of aromatic nitrogens is 1. The second kappa shape index (κ2) is 3.27. The zero-order valence-electron chi connectivity index (χ0n) is 5.45. The lowest BCUT2D eigenvalue weighted by Gasteiger charge is -1.95. The van der Waals surface area contributed by atoms with E-state index in [-0.39, 0.29) is 0 Å². The van der Waals surface area contributed by atoms with Gasteiger partial charge in [0, 0.05) is 18.8 Å². The molecule has 0 spiro atoms. The summed E-state index contributed by atoms with van der Waals surface area (Å²) in [6.07, 6.45) is 4.12. The van der Waals surface area contributed by atoms with Crippen LogP contribution in [0, 0.1) is 0 Å². The first kappa shape index (κ1) is 7.15. The molecule has 0 aromatic carbocycles. The van der Waals surface area contributed by atoms with Crippen molar-refractivity contribution in [2.45, 2.75) is 6.42 Å². The number of nitrogens with two attached hydrogens (primary N) is 1. The van der Waals surface area contributed by atoms with Crippen LogP contribution in [0.2, 0.25) is 0 Å². The molecule has 52 valence electrons. The molecule has 2 N–H and O–H groups in total. The molecule has 0 saturated heterocycles. The molecular weight excluding hydrogens is 144 g/mol. The molecule has 10 heavy (non-hydrogen) atoms. The summed E-state index contributed by atoms with van der Waals surface area (Å²) in [6, 6.07) is 3.80. The number of thiocarbonyl (C=S) groups is 1. The van der Waals surface area contributed by atoms with Gasteiger partial charge in [0.05, 0.1) is 4.99 Å². The molecule has 2 nitrogen and oxygen atoms in total. The van der Waals surface area contributed by atoms with Crippen LogP contribution >= 0.6 is 12.2 Å². The number of nitrogens with zero attached hydrogens (tertiary/aromatic N) is 1. The minimum Gasteiger partial charge on any atom is -0.393 e. The van der Waals surface area contributed by atoms with Gasteiger partial charge < -0.3 is 5.73 Å². The van der Waals surface area contributed by atoms with Gasteiger partial charge in [-0.2, -0.15) is 0 Å². The van der Waals surface area contributed by atoms with Crippen molar-refractivity contribution in [3.8, 4) is 0 Å². The molecule has 0 aliphatic heterocycles. The number of pyridine rings is 1. The maximum absolute atomic E-state index is 5.34. The van der Waals surface area contributed by atoms with Crippen molar-refractivity contribution < 1.29 is 0 Å². The first-order chi connectivity index (χ1) is 4.79. The minimum atomic E-state index is 0.520. The van der Waals surface area contributed by atoms with Crippen LogP contribution in [0.4, 0.5) is 0 Å². The maximum Gasteiger partial charge on any atom is 0.0771 e. The van der Waals surface area contributed by atoms with E-state index in [1.807, 2.05) is 12.1 Å². The summed E-state index contributed by atoms with van der Waals surface area (Å²) in [5.74, 6) is 0. The molecule has 0 radical (unpaired) electrons. The molecule has 3 heteroatoms. The van der Waals surface area contributed by atoms with Gasteiger partial charge in [-0.15, -0.1) is 0 Å². The Labute approximate surface area is 65.1 Å². The average molecular weight is 152 g/mol. The average Bonchev–Trinajstić information content (AvgIpc) is 1.88. The summed E-state index contributed by atoms with van der Waals surface area (Å²) >= 11 is 4.73. The van der Waals surface area contributed by atoms with Gasteiger partial charge in [0.25, 0.3) is 0 Å². The van der Waals surface area contributed by atoms with Gasteiger partial charge >= 0.3 is 0 Å². The van der Waals surface area contributed by atoms with Gasteiger partial charge in [-0.3, -0.25) is 4.98 Å². The Morgan fingerprint density at radius 1 is 1.50 bits per heavy atom. The van der Waals surface area contributed by atoms with Crippen molar-refractivity contribution in [3.05, 3.63) is 30.1 Å². The van der Waals surface area contributed by atoms with Crippen LogP contribution in [-0.4, -0.2) is 9.97 Å². The zero-order chi connectivity index (χ0) is 7.40. The van der Waals surface area contributed by atoms with Crippen molar-refractivity contribution >= 4 is 17.2 Å². The molecule has 0 aliphatic carbocycles. The summed E-state index contributed by atoms with van der Waals surface area (Å²) < 4.78 is 0. The van der Waals surface area contributed by atoms with Gasteiger partial charge in [-0.1, -0.05) is 12.2 Å². The van der Waals surface area contributed by atoms with E-state index in [4.69, 9.17) is 18.0 Å². The monoisotopic (exact) mass is 152 g/mol. The predicted octanol–water partition coefficient (Wildman–Crippen LogP) is 0.910. The normalized spacial score (nSPS) is 9.20. The van der Waals surface area contributed by atoms with Crippen LogP contribution in [0.1, 0.15) is 5.56 Å². The van der Waals surface area contributed by atoms with E-state index in [1.165, 1.54) is 0 Å². The van der Waals surface area contributed by atoms with E-state index >= 15 is 0 Å². The first-order valence-corrected chi connectivity index (χ1v) is 3.37. The highest BCUT2D eigenvalue weighted by Gasteiger charge is 1.91. The second-order valence-corrected chi connectivity index (χ2v) is 2.52. The van der Waals surface area contributed by atoms with Gasteiger partial charge in [-0.25, -0.2) is 0 Å². The Kier molecular flexibility index (Phi) is 2.34. The van der Waals surface area contributed by atoms with Crippen molar-refractivity contribution in [1.82, 2.24) is 4.98 Å². The second-order valence-electron chi connectivity index (χ2n) is 2.00. The van der Waals surface area contributed by atoms with Crippen molar-refractivity contribution in [2.24, 2.45) is 5.73 Å². The van der Waals surface area contributed by atoms with Crippen LogP contribution in [0.15, 0.2) is 24.5 Å². The molecule has 0 atom stereocenters. The molecule has 0 amide bonds. The molecule has 0 bridgehead atoms. The third-order valence-electron chi connectivity index (χ3n) is 1.13. The van der Waals surface area contributed by atoms with Crippen LogP contribution in [0.5, 0.6) is 0 Å². The Morgan fingerprint density at radius 3 is 2.60 bits per heavy atom. The molecule has 0 aliphatic rings. The SMILES string of the molecule is NC(=S)Cc1ccncc1. The molecule has 0 fully saturated rings. The third kappa shape index (κ3) is 2.11. The number of hydrogen-bond acceptors (Lipinski definition) is 2. The summed E-state index contributed by atoms with van der Waals surface area (Å²) in [6.45, 7) is 0. The smallest absolute Gasteiger partial charge is 0.0771 e. The van der Waals surface area contributed by atoms with E-state index < -0.39 is 0 Å². The topological polar surface area (TPSA) is 38.9 Å². The van der Waals surface area contributed by atoms with Crippen molar-refractivity contribution in [3.63, 3.8) is 0 Å². The maximum atomic E-state index is 5.34. The number of rotatable bonds is 2. The Bertz CT molecular complexity index is 220. The van der Waals surface area contributed by atoms with Crippen LogP contribution in [0.3, 0.4) is 0 Å². The molecule has 1 aromatic heterocycles. The highest BCUT2D eigenvalue weighted by atomic mass is 32.1. The van der Waals surface area contributed by atoms with Crippen LogP contribution < -0.4 is 5.73 Å². The lowest BCUT2D eigenvalue weighted by molar-refractivity contribution is 1.24. The highest BCUT2D eigenvalue weighted by Crippen LogP contribution is 1.96. The van der Waals surface area contributed by atoms with Crippen LogP contribution in [-0.2, 0) is 6.42 Å². The Balaban J connectivity index is 2.67. The molecule has 0 unspecified atom stereocenters. The molecule has 0 saturated carbocycles. The first-order valence-electron chi connectivity index (χ1n) is 2.96. The lowest BCUT2D eigenvalue weighted by atomic mass is 10.2. The molecule has 1 rings (SSSR count). The predicted molar refractivity (Wildman–Crippen MR) is 44.7 cm³/mol. The Morgan fingerprint density at radius 2 is 2.10 bits per heavy atom. The fourth-order valence-electron chi connectivity index (χ4n) is 0.702. The fourth-order valence-corrected chi connectivity index (χ4v) is 0.868. The summed E-state index contributed by atoms with van der Waals surface area (Å²) in [5.41, 5.74) is 6.45. The Hall–Kier alpha value is -0.960. The van der Waals surface area contributed by atoms with E-state index in [2.05, 4.69) is 4.98 Å². The minimum absolute atomic E-state index is 0.520. The van der Waals surface area contributed by atoms with E-state index in [9.17, 15) is 0 Å². The summed E-state index contributed by atoms with van der Waals surface area (Å²) in [5, 5.41) is 0. The van der Waals surface area contributed by atoms with Gasteiger partial charge in [0.1, 0.15) is 0 Å². The lowest BCUT2D eigenvalue weighted by Crippen LogP contribution is -2.10. The molecular formula is C7H8N2S. The van der Waals surface area contributed by atoms with Crippen molar-refractivity contribution in [2.75, 3.05) is 0 Å². The van der Waals surface area contributed by atoms with E-state index in [0.717, 1.165) is 5.56 Å². The largest absolute Gasteiger partial charge is 0.393 e. The van der Waals surface area contributed by atoms with Gasteiger partial charge in [0.2, 0.25) is 0 Å². The number of hydrogen-bond donors (Lipinski definition) is 1. The molecule has 1 aromatic rings. The van der Waals surface area contributed by atoms with E-state index in [1.54, 1.807) is 12.4 Å². The van der Waals surface area contributed by atoms with Crippen LogP contribution in [0.25, 0.3) is 0 Å². The summed E-state index contributed by atoms with van der Waals surface area (Å²) in [7, 11) is 0. The molecule has 1 heterocycles. The van der Waals surface area contributed by atoms with Gasteiger partial charge in [0.15, 0.2) is 0 Å². The third-order valence-corrected chi connectivity index (χ3v) is 1.27. The highest BCUT2D eigenvalue weighted by molar-refractivity contribution is 7.80. The van der Waals surface area contributed by atoms with Crippen molar-refractivity contribution in [1.29, 1.82) is 0 Å². The summed E-state index contributed by atoms with van der Waals surface area (Å²) in [4.78, 5) is 4.39. The zero-order valence-corrected chi connectivity index (χ0v) is 6.27.